The van der Waals surface area contributed by atoms with E-state index in [9.17, 15) is 9.59 Å². The molecule has 1 N–H and O–H groups in total. The maximum atomic E-state index is 12.6. The minimum absolute atomic E-state index is 0.181. The minimum Gasteiger partial charge on any atom is -0.454 e. The number of aromatic amines is 1. The molecule has 0 unspecified atom stereocenters. The molecular formula is C22H16N2O6. The van der Waals surface area contributed by atoms with Gasteiger partial charge in [0.25, 0.3) is 5.78 Å². The average Bonchev–Trinajstić information content (AvgIpc) is 3.48. The molecule has 8 nitrogen and oxygen atoms in total. The van der Waals surface area contributed by atoms with Crippen molar-refractivity contribution in [2.24, 2.45) is 0 Å². The number of aryl methyl sites for hydroxylation is 1. The molecular weight excluding hydrogens is 388 g/mol. The van der Waals surface area contributed by atoms with Crippen LogP contribution in [0.1, 0.15) is 21.7 Å². The third kappa shape index (κ3) is 3.08. The summed E-state index contributed by atoms with van der Waals surface area (Å²) >= 11 is 0. The highest BCUT2D eigenvalue weighted by molar-refractivity contribution is 6.43. The van der Waals surface area contributed by atoms with Crippen molar-refractivity contribution in [1.82, 2.24) is 10.1 Å². The summed E-state index contributed by atoms with van der Waals surface area (Å²) in [6, 6.07) is 14.3. The topological polar surface area (TPSA) is 104 Å². The molecule has 1 aliphatic heterocycles. The van der Waals surface area contributed by atoms with Gasteiger partial charge in [0.2, 0.25) is 6.79 Å². The predicted octanol–water partition coefficient (Wildman–Crippen LogP) is 3.79. The second-order valence-corrected chi connectivity index (χ2v) is 6.83. The lowest BCUT2D eigenvalue weighted by Crippen LogP contribution is -2.18. The Morgan fingerprint density at radius 1 is 1.10 bits per heavy atom. The number of ether oxygens (including phenoxy) is 3. The average molecular weight is 404 g/mol. The zero-order valence-electron chi connectivity index (χ0n) is 15.9. The molecule has 8 heteroatoms. The van der Waals surface area contributed by atoms with Crippen molar-refractivity contribution in [2.75, 3.05) is 6.79 Å². The lowest BCUT2D eigenvalue weighted by molar-refractivity contribution is -0.139. The van der Waals surface area contributed by atoms with Gasteiger partial charge in [-0.2, -0.15) is 0 Å². The van der Waals surface area contributed by atoms with E-state index in [-0.39, 0.29) is 13.4 Å². The number of esters is 1. The molecule has 0 saturated heterocycles. The van der Waals surface area contributed by atoms with Gasteiger partial charge in [-0.1, -0.05) is 23.4 Å². The molecule has 3 heterocycles. The van der Waals surface area contributed by atoms with Gasteiger partial charge in [0.1, 0.15) is 12.3 Å². The van der Waals surface area contributed by atoms with Crippen LogP contribution in [0.3, 0.4) is 0 Å². The summed E-state index contributed by atoms with van der Waals surface area (Å²) in [5.41, 5.74) is 2.85. The summed E-state index contributed by atoms with van der Waals surface area (Å²) in [5, 5.41) is 4.59. The first-order valence-electron chi connectivity index (χ1n) is 9.24. The van der Waals surface area contributed by atoms with Gasteiger partial charge in [0.05, 0.1) is 5.56 Å². The van der Waals surface area contributed by atoms with Gasteiger partial charge >= 0.3 is 5.97 Å². The molecule has 30 heavy (non-hydrogen) atoms. The molecule has 5 rings (SSSR count). The predicted molar refractivity (Wildman–Crippen MR) is 105 cm³/mol. The molecule has 150 valence electrons. The van der Waals surface area contributed by atoms with Crippen molar-refractivity contribution in [1.29, 1.82) is 0 Å². The molecule has 1 aliphatic rings. The standard InChI is InChI=1S/C22H16N2O6/c1-12-20(15-4-2-3-5-16(15)23-12)21(25)22(26)27-10-14-9-18(30-24-14)13-6-7-17-19(8-13)29-11-28-17/h2-9,23H,10-11H2,1H3. The monoisotopic (exact) mass is 404 g/mol. The Bertz CT molecular complexity index is 1290. The molecule has 0 bridgehead atoms. The van der Waals surface area contributed by atoms with E-state index in [1.165, 1.54) is 0 Å². The van der Waals surface area contributed by atoms with Crippen molar-refractivity contribution in [3.05, 3.63) is 65.5 Å². The Kier molecular flexibility index (Phi) is 4.24. The number of nitrogens with zero attached hydrogens (tertiary/aromatic N) is 1. The van der Waals surface area contributed by atoms with E-state index in [0.29, 0.717) is 39.6 Å². The van der Waals surface area contributed by atoms with E-state index in [4.69, 9.17) is 18.7 Å². The van der Waals surface area contributed by atoms with Crippen LogP contribution in [0.2, 0.25) is 0 Å². The Morgan fingerprint density at radius 3 is 2.83 bits per heavy atom. The molecule has 0 radical (unpaired) electrons. The fraction of sp³-hybridized carbons (Fsp3) is 0.136. The summed E-state index contributed by atoms with van der Waals surface area (Å²) in [6.07, 6.45) is 0. The van der Waals surface area contributed by atoms with Gasteiger partial charge < -0.3 is 23.7 Å². The van der Waals surface area contributed by atoms with Gasteiger partial charge in [0, 0.05) is 28.2 Å². The van der Waals surface area contributed by atoms with Gasteiger partial charge in [-0.25, -0.2) is 4.79 Å². The van der Waals surface area contributed by atoms with Crippen LogP contribution < -0.4 is 9.47 Å². The lowest BCUT2D eigenvalue weighted by Gasteiger charge is -2.02. The molecule has 0 atom stereocenters. The number of Topliss-reactive ketones (excluding diaryl/α,β-unsaturated/α-hetero) is 1. The second kappa shape index (κ2) is 7.07. The summed E-state index contributed by atoms with van der Waals surface area (Å²) in [7, 11) is 0. The minimum atomic E-state index is -0.949. The normalized spacial score (nSPS) is 12.3. The third-order valence-corrected chi connectivity index (χ3v) is 4.87. The highest BCUT2D eigenvalue weighted by Gasteiger charge is 2.24. The zero-order chi connectivity index (χ0) is 20.7. The molecule has 4 aromatic rings. The number of ketones is 1. The lowest BCUT2D eigenvalue weighted by atomic mass is 10.1. The molecule has 0 spiro atoms. The molecule has 0 aliphatic carbocycles. The van der Waals surface area contributed by atoms with E-state index < -0.39 is 11.8 Å². The Hall–Kier alpha value is -4.07. The van der Waals surface area contributed by atoms with E-state index in [1.807, 2.05) is 24.3 Å². The quantitative estimate of drug-likeness (QED) is 0.307. The van der Waals surface area contributed by atoms with Crippen molar-refractivity contribution in [3.8, 4) is 22.8 Å². The highest BCUT2D eigenvalue weighted by atomic mass is 16.7. The van der Waals surface area contributed by atoms with Crippen LogP contribution in [-0.2, 0) is 16.1 Å². The number of carbonyl (C=O) groups excluding carboxylic acids is 2. The number of benzene rings is 2. The first-order valence-corrected chi connectivity index (χ1v) is 9.24. The largest absolute Gasteiger partial charge is 0.454 e. The van der Waals surface area contributed by atoms with Crippen LogP contribution in [0.15, 0.2) is 53.1 Å². The fourth-order valence-corrected chi connectivity index (χ4v) is 3.44. The van der Waals surface area contributed by atoms with Crippen molar-refractivity contribution >= 4 is 22.7 Å². The van der Waals surface area contributed by atoms with E-state index >= 15 is 0 Å². The number of H-pyrrole nitrogens is 1. The maximum Gasteiger partial charge on any atom is 0.380 e. The first kappa shape index (κ1) is 18.0. The first-order chi connectivity index (χ1) is 14.6. The number of para-hydroxylation sites is 1. The summed E-state index contributed by atoms with van der Waals surface area (Å²) in [4.78, 5) is 28.1. The van der Waals surface area contributed by atoms with E-state index in [0.717, 1.165) is 11.1 Å². The number of nitrogens with one attached hydrogen (secondary N) is 1. The number of aromatic nitrogens is 2. The molecule has 0 saturated carbocycles. The van der Waals surface area contributed by atoms with Crippen LogP contribution >= 0.6 is 0 Å². The summed E-state index contributed by atoms with van der Waals surface area (Å²) in [5.74, 6) is 0.119. The third-order valence-electron chi connectivity index (χ3n) is 4.87. The van der Waals surface area contributed by atoms with Crippen LogP contribution in [0, 0.1) is 6.92 Å². The van der Waals surface area contributed by atoms with Crippen LogP contribution in [-0.4, -0.2) is 28.7 Å². The van der Waals surface area contributed by atoms with Gasteiger partial charge in [-0.15, -0.1) is 0 Å². The number of carbonyl (C=O) groups is 2. The fourth-order valence-electron chi connectivity index (χ4n) is 3.44. The smallest absolute Gasteiger partial charge is 0.380 e. The number of fused-ring (bicyclic) bond motifs is 2. The Labute approximate surface area is 170 Å². The van der Waals surface area contributed by atoms with Gasteiger partial charge in [-0.3, -0.25) is 4.79 Å². The molecule has 2 aromatic carbocycles. The zero-order valence-corrected chi connectivity index (χ0v) is 15.9. The number of hydrogen-bond acceptors (Lipinski definition) is 7. The van der Waals surface area contributed by atoms with E-state index in [1.54, 1.807) is 31.2 Å². The maximum absolute atomic E-state index is 12.6. The Morgan fingerprint density at radius 2 is 1.93 bits per heavy atom. The van der Waals surface area contributed by atoms with Crippen LogP contribution in [0.4, 0.5) is 0 Å². The van der Waals surface area contributed by atoms with E-state index in [2.05, 4.69) is 10.1 Å². The SMILES string of the molecule is Cc1[nH]c2ccccc2c1C(=O)C(=O)OCc1cc(-c2ccc3c(c2)OCO3)on1. The summed E-state index contributed by atoms with van der Waals surface area (Å²) < 4.78 is 21.1. The van der Waals surface area contributed by atoms with Crippen molar-refractivity contribution < 1.29 is 28.3 Å². The summed E-state index contributed by atoms with van der Waals surface area (Å²) in [6.45, 7) is 1.75. The number of rotatable bonds is 5. The van der Waals surface area contributed by atoms with Crippen molar-refractivity contribution in [2.45, 2.75) is 13.5 Å². The molecule has 2 aromatic heterocycles. The highest BCUT2D eigenvalue weighted by Crippen LogP contribution is 2.36. The second-order valence-electron chi connectivity index (χ2n) is 6.83. The number of hydrogen-bond donors (Lipinski definition) is 1. The Balaban J connectivity index is 1.29. The van der Waals surface area contributed by atoms with Gasteiger partial charge in [-0.05, 0) is 31.2 Å². The molecule has 0 fully saturated rings. The van der Waals surface area contributed by atoms with Crippen LogP contribution in [0.5, 0.6) is 11.5 Å². The van der Waals surface area contributed by atoms with Crippen molar-refractivity contribution in [3.63, 3.8) is 0 Å². The van der Waals surface area contributed by atoms with Gasteiger partial charge in [0.15, 0.2) is 17.3 Å². The van der Waals surface area contributed by atoms with Crippen LogP contribution in [0.25, 0.3) is 22.2 Å². The molecule has 0 amide bonds.